The third-order valence-electron chi connectivity index (χ3n) is 4.59. The number of aromatic amines is 1. The largest absolute Gasteiger partial charge is 0.381 e. The molecule has 3 heterocycles. The Morgan fingerprint density at radius 1 is 1.45 bits per heavy atom. The number of aromatic nitrogens is 5. The molecule has 1 aliphatic carbocycles. The first-order valence-electron chi connectivity index (χ1n) is 6.88. The Labute approximate surface area is 125 Å². The van der Waals surface area contributed by atoms with E-state index in [0.29, 0.717) is 11.3 Å². The second-order valence-electron chi connectivity index (χ2n) is 5.75. The summed E-state index contributed by atoms with van der Waals surface area (Å²) in [5.74, 6) is 2.25. The number of hydrogen-bond acceptors (Lipinski definition) is 4. The second-order valence-corrected chi connectivity index (χ2v) is 6.56. The lowest BCUT2D eigenvalue weighted by atomic mass is 9.94. The molecule has 1 spiro atoms. The normalized spacial score (nSPS) is 24.2. The summed E-state index contributed by atoms with van der Waals surface area (Å²) in [6, 6.07) is 1.93. The maximum atomic E-state index is 5.46. The highest BCUT2D eigenvalue weighted by Crippen LogP contribution is 2.64. The first kappa shape index (κ1) is 12.5. The fourth-order valence-electron chi connectivity index (χ4n) is 3.25. The van der Waals surface area contributed by atoms with Gasteiger partial charge in [-0.05, 0) is 40.6 Å². The molecule has 2 aromatic heterocycles. The molecule has 1 atom stereocenters. The molecule has 1 saturated carbocycles. The summed E-state index contributed by atoms with van der Waals surface area (Å²) in [5, 5.41) is 11.7. The van der Waals surface area contributed by atoms with Gasteiger partial charge in [0.25, 0.3) is 0 Å². The van der Waals surface area contributed by atoms with Crippen molar-refractivity contribution < 1.29 is 4.74 Å². The number of ether oxygens (including phenoxy) is 1. The highest BCUT2D eigenvalue weighted by Gasteiger charge is 2.56. The third-order valence-corrected chi connectivity index (χ3v) is 4.98. The molecule has 20 heavy (non-hydrogen) atoms. The highest BCUT2D eigenvalue weighted by atomic mass is 79.9. The molecule has 2 aromatic rings. The Kier molecular flexibility index (Phi) is 2.75. The molecule has 0 radical (unpaired) electrons. The van der Waals surface area contributed by atoms with Crippen molar-refractivity contribution in [3.63, 3.8) is 0 Å². The molecular weight excluding hydrogens is 322 g/mol. The predicted octanol–water partition coefficient (Wildman–Crippen LogP) is 2.25. The van der Waals surface area contributed by atoms with Crippen molar-refractivity contribution in [2.45, 2.75) is 25.2 Å². The van der Waals surface area contributed by atoms with Crippen LogP contribution < -0.4 is 0 Å². The minimum absolute atomic E-state index is 0.419. The van der Waals surface area contributed by atoms with Crippen LogP contribution in [0, 0.1) is 5.41 Å². The smallest absolute Gasteiger partial charge is 0.199 e. The van der Waals surface area contributed by atoms with Gasteiger partial charge in [-0.25, -0.2) is 4.98 Å². The number of rotatable bonds is 2. The quantitative estimate of drug-likeness (QED) is 0.912. The van der Waals surface area contributed by atoms with Crippen molar-refractivity contribution in [3.05, 3.63) is 16.5 Å². The molecule has 0 aromatic carbocycles. The van der Waals surface area contributed by atoms with E-state index in [2.05, 4.69) is 36.2 Å². The van der Waals surface area contributed by atoms with Crippen LogP contribution in [-0.4, -0.2) is 38.2 Å². The Morgan fingerprint density at radius 2 is 2.25 bits per heavy atom. The van der Waals surface area contributed by atoms with Gasteiger partial charge in [-0.1, -0.05) is 0 Å². The lowest BCUT2D eigenvalue weighted by Gasteiger charge is -2.22. The average molecular weight is 338 g/mol. The summed E-state index contributed by atoms with van der Waals surface area (Å²) in [5.41, 5.74) is 1.34. The number of hydrogen-bond donors (Lipinski definition) is 1. The van der Waals surface area contributed by atoms with E-state index in [9.17, 15) is 0 Å². The zero-order valence-electron chi connectivity index (χ0n) is 11.3. The first-order chi connectivity index (χ1) is 9.68. The summed E-state index contributed by atoms with van der Waals surface area (Å²) in [7, 11) is 1.90. The molecule has 2 aliphatic rings. The van der Waals surface area contributed by atoms with E-state index < -0.39 is 0 Å². The van der Waals surface area contributed by atoms with Gasteiger partial charge in [0.05, 0.1) is 0 Å². The predicted molar refractivity (Wildman–Crippen MR) is 76.1 cm³/mol. The summed E-state index contributed by atoms with van der Waals surface area (Å²) < 4.78 is 8.04. The Hall–Kier alpha value is -1.21. The number of H-pyrrole nitrogens is 1. The Bertz CT molecular complexity index is 643. The van der Waals surface area contributed by atoms with Crippen molar-refractivity contribution in [3.8, 4) is 11.5 Å². The molecule has 2 fully saturated rings. The maximum absolute atomic E-state index is 5.46. The van der Waals surface area contributed by atoms with Crippen molar-refractivity contribution >= 4 is 15.9 Å². The van der Waals surface area contributed by atoms with E-state index >= 15 is 0 Å². The van der Waals surface area contributed by atoms with Gasteiger partial charge >= 0.3 is 0 Å². The Balaban J connectivity index is 1.59. The number of halogens is 1. The van der Waals surface area contributed by atoms with Crippen molar-refractivity contribution in [1.29, 1.82) is 0 Å². The maximum Gasteiger partial charge on any atom is 0.199 e. The van der Waals surface area contributed by atoms with Crippen LogP contribution in [0.1, 0.15) is 31.0 Å². The number of aryl methyl sites for hydroxylation is 1. The SMILES string of the molecule is Cn1nc(Br)cc1-c1n[nH]c(C2CC23CCOCC3)n1. The van der Waals surface area contributed by atoms with Crippen LogP contribution in [0.25, 0.3) is 11.5 Å². The lowest BCUT2D eigenvalue weighted by Crippen LogP contribution is -2.18. The first-order valence-corrected chi connectivity index (χ1v) is 7.67. The number of nitrogens with zero attached hydrogens (tertiary/aromatic N) is 4. The molecule has 4 rings (SSSR count). The van der Waals surface area contributed by atoms with Crippen LogP contribution in [0.3, 0.4) is 0 Å². The van der Waals surface area contributed by atoms with Crippen LogP contribution >= 0.6 is 15.9 Å². The molecule has 1 N–H and O–H groups in total. The van der Waals surface area contributed by atoms with E-state index in [1.54, 1.807) is 4.68 Å². The molecule has 1 unspecified atom stereocenters. The summed E-state index contributed by atoms with van der Waals surface area (Å²) in [6.07, 6.45) is 3.50. The second kappa shape index (κ2) is 4.39. The van der Waals surface area contributed by atoms with Crippen LogP contribution in [0.4, 0.5) is 0 Å². The monoisotopic (exact) mass is 337 g/mol. The molecule has 0 amide bonds. The minimum atomic E-state index is 0.419. The van der Waals surface area contributed by atoms with Gasteiger partial charge in [0.1, 0.15) is 16.1 Å². The standard InChI is InChI=1S/C13H16BrN5O/c1-19-9(6-10(14)18-19)12-15-11(16-17-12)8-7-13(8)2-4-20-5-3-13/h6,8H,2-5,7H2,1H3,(H,15,16,17). The summed E-state index contributed by atoms with van der Waals surface area (Å²) >= 11 is 3.37. The fourth-order valence-corrected chi connectivity index (χ4v) is 3.71. The molecular formula is C13H16BrN5O. The van der Waals surface area contributed by atoms with Crippen LogP contribution in [0.5, 0.6) is 0 Å². The van der Waals surface area contributed by atoms with Crippen LogP contribution in [0.15, 0.2) is 10.7 Å². The molecule has 6 nitrogen and oxygen atoms in total. The number of nitrogens with one attached hydrogen (secondary N) is 1. The molecule has 1 aliphatic heterocycles. The van der Waals surface area contributed by atoms with Crippen molar-refractivity contribution in [1.82, 2.24) is 25.0 Å². The van der Waals surface area contributed by atoms with Gasteiger partial charge < -0.3 is 4.74 Å². The van der Waals surface area contributed by atoms with Gasteiger partial charge in [-0.3, -0.25) is 9.78 Å². The lowest BCUT2D eigenvalue weighted by molar-refractivity contribution is 0.0554. The van der Waals surface area contributed by atoms with Crippen LogP contribution in [-0.2, 0) is 11.8 Å². The van der Waals surface area contributed by atoms with Gasteiger partial charge in [0.2, 0.25) is 0 Å². The van der Waals surface area contributed by atoms with E-state index in [1.165, 1.54) is 6.42 Å². The van der Waals surface area contributed by atoms with E-state index in [0.717, 1.165) is 48.0 Å². The van der Waals surface area contributed by atoms with Gasteiger partial charge in [0.15, 0.2) is 5.82 Å². The summed E-state index contributed by atoms with van der Waals surface area (Å²) in [4.78, 5) is 4.68. The molecule has 1 saturated heterocycles. The minimum Gasteiger partial charge on any atom is -0.381 e. The van der Waals surface area contributed by atoms with Gasteiger partial charge in [0, 0.05) is 32.2 Å². The summed E-state index contributed by atoms with van der Waals surface area (Å²) in [6.45, 7) is 1.76. The third kappa shape index (κ3) is 1.91. The van der Waals surface area contributed by atoms with Crippen molar-refractivity contribution in [2.24, 2.45) is 12.5 Å². The van der Waals surface area contributed by atoms with E-state index in [4.69, 9.17) is 4.74 Å². The topological polar surface area (TPSA) is 68.6 Å². The van der Waals surface area contributed by atoms with E-state index in [1.807, 2.05) is 13.1 Å². The zero-order chi connectivity index (χ0) is 13.7. The highest BCUT2D eigenvalue weighted by molar-refractivity contribution is 9.10. The van der Waals surface area contributed by atoms with E-state index in [-0.39, 0.29) is 0 Å². The molecule has 0 bridgehead atoms. The van der Waals surface area contributed by atoms with Crippen molar-refractivity contribution in [2.75, 3.05) is 13.2 Å². The van der Waals surface area contributed by atoms with Gasteiger partial charge in [-0.2, -0.15) is 10.2 Å². The molecule has 7 heteroatoms. The zero-order valence-corrected chi connectivity index (χ0v) is 12.9. The van der Waals surface area contributed by atoms with Gasteiger partial charge in [-0.15, -0.1) is 0 Å². The average Bonchev–Trinajstić information content (AvgIpc) is 2.81. The molecule has 106 valence electrons. The van der Waals surface area contributed by atoms with Crippen LogP contribution in [0.2, 0.25) is 0 Å². The fraction of sp³-hybridized carbons (Fsp3) is 0.615. The Morgan fingerprint density at radius 3 is 2.95 bits per heavy atom.